The Labute approximate surface area is 107 Å². The Balaban J connectivity index is 4.22. The highest BCUT2D eigenvalue weighted by Crippen LogP contribution is 2.08. The summed E-state index contributed by atoms with van der Waals surface area (Å²) in [5.41, 5.74) is -1.27. The molecule has 0 bridgehead atoms. The van der Waals surface area contributed by atoms with Crippen molar-refractivity contribution in [3.8, 4) is 0 Å². The number of carboxylic acid groups (broad SMARTS) is 1. The highest BCUT2D eigenvalue weighted by molar-refractivity contribution is 5.85. The van der Waals surface area contributed by atoms with Gasteiger partial charge in [0.25, 0.3) is 0 Å². The van der Waals surface area contributed by atoms with Crippen LogP contribution in [-0.4, -0.2) is 56.1 Å². The summed E-state index contributed by atoms with van der Waals surface area (Å²) in [5, 5.41) is 14.0. The SMILES string of the molecule is CCC(C)(NC(=O)NCC(COC)OC)C(=O)O. The number of carbonyl (C=O) groups excluding carboxylic acids is 1. The average molecular weight is 262 g/mol. The fourth-order valence-electron chi connectivity index (χ4n) is 1.19. The molecule has 0 aromatic heterocycles. The number of amides is 2. The summed E-state index contributed by atoms with van der Waals surface area (Å²) in [5.74, 6) is -1.07. The minimum atomic E-state index is -1.27. The van der Waals surface area contributed by atoms with Gasteiger partial charge in [-0.05, 0) is 13.3 Å². The second kappa shape index (κ2) is 7.88. The molecule has 3 N–H and O–H groups in total. The van der Waals surface area contributed by atoms with E-state index in [0.717, 1.165) is 0 Å². The number of aliphatic carboxylic acids is 1. The lowest BCUT2D eigenvalue weighted by molar-refractivity contribution is -0.143. The van der Waals surface area contributed by atoms with Gasteiger partial charge in [-0.15, -0.1) is 0 Å². The summed E-state index contributed by atoms with van der Waals surface area (Å²) in [4.78, 5) is 22.6. The van der Waals surface area contributed by atoms with Gasteiger partial charge in [0.15, 0.2) is 0 Å². The molecule has 0 fully saturated rings. The van der Waals surface area contributed by atoms with E-state index in [-0.39, 0.29) is 12.6 Å². The first-order valence-electron chi connectivity index (χ1n) is 5.70. The number of methoxy groups -OCH3 is 2. The van der Waals surface area contributed by atoms with Crippen molar-refractivity contribution in [2.75, 3.05) is 27.4 Å². The van der Waals surface area contributed by atoms with E-state index in [1.54, 1.807) is 6.92 Å². The molecule has 7 heteroatoms. The van der Waals surface area contributed by atoms with Crippen LogP contribution in [0.1, 0.15) is 20.3 Å². The molecule has 0 radical (unpaired) electrons. The molecule has 0 saturated carbocycles. The molecule has 0 saturated heterocycles. The van der Waals surface area contributed by atoms with Crippen LogP contribution in [0.3, 0.4) is 0 Å². The van der Waals surface area contributed by atoms with Crippen LogP contribution in [0, 0.1) is 0 Å². The summed E-state index contributed by atoms with van der Waals surface area (Å²) < 4.78 is 9.96. The minimum Gasteiger partial charge on any atom is -0.480 e. The standard InChI is InChI=1S/C11H22N2O5/c1-5-11(2,9(14)15)13-10(16)12-6-8(18-4)7-17-3/h8H,5-7H2,1-4H3,(H,14,15)(H2,12,13,16). The summed E-state index contributed by atoms with van der Waals surface area (Å²) >= 11 is 0. The fourth-order valence-corrected chi connectivity index (χ4v) is 1.19. The van der Waals surface area contributed by atoms with Crippen molar-refractivity contribution in [3.05, 3.63) is 0 Å². The number of hydrogen-bond acceptors (Lipinski definition) is 4. The van der Waals surface area contributed by atoms with Gasteiger partial charge in [-0.2, -0.15) is 0 Å². The third kappa shape index (κ3) is 5.33. The summed E-state index contributed by atoms with van der Waals surface area (Å²) in [7, 11) is 3.04. The predicted molar refractivity (Wildman–Crippen MR) is 65.5 cm³/mol. The van der Waals surface area contributed by atoms with Crippen LogP contribution >= 0.6 is 0 Å². The van der Waals surface area contributed by atoms with Gasteiger partial charge >= 0.3 is 12.0 Å². The van der Waals surface area contributed by atoms with Gasteiger partial charge in [0, 0.05) is 20.8 Å². The van der Waals surface area contributed by atoms with Gasteiger partial charge in [-0.3, -0.25) is 0 Å². The van der Waals surface area contributed by atoms with Crippen LogP contribution in [0.5, 0.6) is 0 Å². The molecule has 2 unspecified atom stereocenters. The number of ether oxygens (including phenoxy) is 2. The lowest BCUT2D eigenvalue weighted by Crippen LogP contribution is -2.55. The van der Waals surface area contributed by atoms with E-state index >= 15 is 0 Å². The quantitative estimate of drug-likeness (QED) is 0.580. The summed E-state index contributed by atoms with van der Waals surface area (Å²) in [6.07, 6.45) is 0.0279. The third-order valence-electron chi connectivity index (χ3n) is 2.74. The molecule has 0 rings (SSSR count). The van der Waals surface area contributed by atoms with Crippen molar-refractivity contribution in [3.63, 3.8) is 0 Å². The van der Waals surface area contributed by atoms with Crippen LogP contribution in [0.15, 0.2) is 0 Å². The van der Waals surface area contributed by atoms with Gasteiger partial charge in [0.05, 0.1) is 12.7 Å². The highest BCUT2D eigenvalue weighted by Gasteiger charge is 2.32. The van der Waals surface area contributed by atoms with E-state index in [1.807, 2.05) is 0 Å². The molecule has 0 aliphatic carbocycles. The van der Waals surface area contributed by atoms with Crippen molar-refractivity contribution in [2.24, 2.45) is 0 Å². The lowest BCUT2D eigenvalue weighted by atomic mass is 10.00. The Morgan fingerprint density at radius 1 is 1.39 bits per heavy atom. The molecule has 0 aromatic rings. The molecule has 106 valence electrons. The Kier molecular flexibility index (Phi) is 7.30. The number of urea groups is 1. The predicted octanol–water partition coefficient (Wildman–Crippen LogP) is 0.200. The smallest absolute Gasteiger partial charge is 0.329 e. The van der Waals surface area contributed by atoms with Crippen LogP contribution in [-0.2, 0) is 14.3 Å². The Morgan fingerprint density at radius 3 is 2.39 bits per heavy atom. The average Bonchev–Trinajstić information content (AvgIpc) is 2.33. The lowest BCUT2D eigenvalue weighted by Gasteiger charge is -2.25. The van der Waals surface area contributed by atoms with E-state index in [1.165, 1.54) is 21.1 Å². The number of rotatable bonds is 8. The second-order valence-electron chi connectivity index (χ2n) is 4.14. The van der Waals surface area contributed by atoms with Crippen molar-refractivity contribution in [1.82, 2.24) is 10.6 Å². The number of nitrogens with one attached hydrogen (secondary N) is 2. The molecule has 0 spiro atoms. The first-order chi connectivity index (χ1) is 8.39. The van der Waals surface area contributed by atoms with Gasteiger partial charge in [-0.25, -0.2) is 9.59 Å². The van der Waals surface area contributed by atoms with Crippen LogP contribution in [0.4, 0.5) is 4.79 Å². The fraction of sp³-hybridized carbons (Fsp3) is 0.818. The van der Waals surface area contributed by atoms with Crippen LogP contribution in [0.2, 0.25) is 0 Å². The van der Waals surface area contributed by atoms with E-state index in [9.17, 15) is 9.59 Å². The first kappa shape index (κ1) is 16.7. The molecule has 18 heavy (non-hydrogen) atoms. The van der Waals surface area contributed by atoms with Gasteiger partial charge in [-0.1, -0.05) is 6.92 Å². The highest BCUT2D eigenvalue weighted by atomic mass is 16.5. The zero-order chi connectivity index (χ0) is 14.2. The van der Waals surface area contributed by atoms with Crippen molar-refractivity contribution >= 4 is 12.0 Å². The zero-order valence-electron chi connectivity index (χ0n) is 11.3. The number of hydrogen-bond donors (Lipinski definition) is 3. The molecular weight excluding hydrogens is 240 g/mol. The second-order valence-corrected chi connectivity index (χ2v) is 4.14. The van der Waals surface area contributed by atoms with Crippen molar-refractivity contribution < 1.29 is 24.2 Å². The zero-order valence-corrected chi connectivity index (χ0v) is 11.3. The van der Waals surface area contributed by atoms with Gasteiger partial charge in [0.2, 0.25) is 0 Å². The van der Waals surface area contributed by atoms with E-state index in [2.05, 4.69) is 10.6 Å². The molecular formula is C11H22N2O5. The Morgan fingerprint density at radius 2 is 2.00 bits per heavy atom. The largest absolute Gasteiger partial charge is 0.480 e. The van der Waals surface area contributed by atoms with Crippen LogP contribution < -0.4 is 10.6 Å². The maximum Gasteiger partial charge on any atom is 0.329 e. The van der Waals surface area contributed by atoms with E-state index in [0.29, 0.717) is 13.0 Å². The maximum atomic E-state index is 11.6. The normalized spacial score (nSPS) is 15.6. The molecule has 2 atom stereocenters. The summed E-state index contributed by atoms with van der Waals surface area (Å²) in [6, 6.07) is -0.542. The number of carbonyl (C=O) groups is 2. The Hall–Kier alpha value is -1.34. The van der Waals surface area contributed by atoms with E-state index in [4.69, 9.17) is 14.6 Å². The Bertz CT molecular complexity index is 285. The first-order valence-corrected chi connectivity index (χ1v) is 5.70. The van der Waals surface area contributed by atoms with Gasteiger partial charge in [0.1, 0.15) is 5.54 Å². The topological polar surface area (TPSA) is 96.9 Å². The van der Waals surface area contributed by atoms with Crippen molar-refractivity contribution in [1.29, 1.82) is 0 Å². The molecule has 0 aromatic carbocycles. The molecule has 0 aliphatic heterocycles. The third-order valence-corrected chi connectivity index (χ3v) is 2.74. The van der Waals surface area contributed by atoms with Crippen molar-refractivity contribution in [2.45, 2.75) is 31.9 Å². The molecule has 0 heterocycles. The monoisotopic (exact) mass is 262 g/mol. The van der Waals surface area contributed by atoms with Crippen LogP contribution in [0.25, 0.3) is 0 Å². The minimum absolute atomic E-state index is 0.246. The molecule has 0 aliphatic rings. The van der Waals surface area contributed by atoms with E-state index < -0.39 is 17.5 Å². The summed E-state index contributed by atoms with van der Waals surface area (Å²) in [6.45, 7) is 3.74. The molecule has 2 amide bonds. The van der Waals surface area contributed by atoms with Gasteiger partial charge < -0.3 is 25.2 Å². The molecule has 7 nitrogen and oxygen atoms in total. The number of carboxylic acids is 1. The maximum absolute atomic E-state index is 11.6.